The lowest BCUT2D eigenvalue weighted by Crippen LogP contribution is -2.54. The maximum absolute atomic E-state index is 11.7. The lowest BCUT2D eigenvalue weighted by Gasteiger charge is -2.35. The number of rotatable bonds is 3. The third-order valence-corrected chi connectivity index (χ3v) is 4.82. The highest BCUT2D eigenvalue weighted by Gasteiger charge is 2.32. The van der Waals surface area contributed by atoms with Gasteiger partial charge >= 0.3 is 0 Å². The molecule has 2 rings (SSSR count). The molecule has 0 aromatic rings. The fourth-order valence-corrected chi connectivity index (χ4v) is 3.49. The van der Waals surface area contributed by atoms with Gasteiger partial charge in [0.05, 0.1) is 19.3 Å². The Labute approximate surface area is 113 Å². The van der Waals surface area contributed by atoms with Crippen LogP contribution in [0.15, 0.2) is 0 Å². The summed E-state index contributed by atoms with van der Waals surface area (Å²) in [5.74, 6) is -0.421. The van der Waals surface area contributed by atoms with E-state index in [1.807, 2.05) is 0 Å². The molecule has 0 saturated carbocycles. The second kappa shape index (κ2) is 5.56. The predicted octanol–water partition coefficient (Wildman–Crippen LogP) is -1.38. The first-order chi connectivity index (χ1) is 8.88. The van der Waals surface area contributed by atoms with Crippen LogP contribution in [0.3, 0.4) is 0 Å². The van der Waals surface area contributed by atoms with E-state index in [1.165, 1.54) is 15.5 Å². The van der Waals surface area contributed by atoms with Gasteiger partial charge < -0.3 is 0 Å². The maximum Gasteiger partial charge on any atom is 0.243 e. The standard InChI is InChI=1S/C11H19N3O4S/c1-19(17,18)13-4-2-3-9(7-13)8-14-10(15)5-12-6-11(14)16/h9,12H,2-8H2,1H3. The quantitative estimate of drug-likeness (QED) is 0.647. The fraction of sp³-hybridized carbons (Fsp3) is 0.818. The first-order valence-electron chi connectivity index (χ1n) is 6.37. The Morgan fingerprint density at radius 2 is 1.89 bits per heavy atom. The van der Waals surface area contributed by atoms with Crippen LogP contribution in [0.1, 0.15) is 12.8 Å². The van der Waals surface area contributed by atoms with Crippen LogP contribution in [-0.4, -0.2) is 68.4 Å². The summed E-state index contributed by atoms with van der Waals surface area (Å²) in [5.41, 5.74) is 0. The van der Waals surface area contributed by atoms with Gasteiger partial charge in [0, 0.05) is 19.6 Å². The minimum atomic E-state index is -3.19. The lowest BCUT2D eigenvalue weighted by molar-refractivity contribution is -0.147. The summed E-state index contributed by atoms with van der Waals surface area (Å²) in [6, 6.07) is 0. The molecule has 0 bridgehead atoms. The second-order valence-electron chi connectivity index (χ2n) is 5.13. The van der Waals surface area contributed by atoms with Gasteiger partial charge in [0.15, 0.2) is 0 Å². The third kappa shape index (κ3) is 3.52. The molecule has 0 radical (unpaired) electrons. The molecule has 1 unspecified atom stereocenters. The Morgan fingerprint density at radius 3 is 2.47 bits per heavy atom. The number of piperidine rings is 1. The second-order valence-corrected chi connectivity index (χ2v) is 7.11. The van der Waals surface area contributed by atoms with Crippen LogP contribution in [0.2, 0.25) is 0 Å². The number of hydrogen-bond acceptors (Lipinski definition) is 5. The van der Waals surface area contributed by atoms with Crippen LogP contribution < -0.4 is 5.32 Å². The zero-order valence-electron chi connectivity index (χ0n) is 11.0. The molecule has 2 fully saturated rings. The molecule has 19 heavy (non-hydrogen) atoms. The van der Waals surface area contributed by atoms with Crippen LogP contribution in [0.5, 0.6) is 0 Å². The predicted molar refractivity (Wildman–Crippen MR) is 68.7 cm³/mol. The van der Waals surface area contributed by atoms with Gasteiger partial charge in [0.1, 0.15) is 0 Å². The molecule has 0 aromatic carbocycles. The molecule has 2 amide bonds. The fourth-order valence-electron chi connectivity index (χ4n) is 2.55. The Hall–Kier alpha value is -0.990. The van der Waals surface area contributed by atoms with Gasteiger partial charge in [-0.15, -0.1) is 0 Å². The molecule has 0 spiro atoms. The average molecular weight is 289 g/mol. The monoisotopic (exact) mass is 289 g/mol. The number of imide groups is 1. The number of piperazine rings is 1. The van der Waals surface area contributed by atoms with E-state index in [0.717, 1.165) is 12.8 Å². The summed E-state index contributed by atoms with van der Waals surface area (Å²) in [7, 11) is -3.19. The molecule has 8 heteroatoms. The molecule has 1 N–H and O–H groups in total. The molecular weight excluding hydrogens is 270 g/mol. The molecule has 1 atom stereocenters. The van der Waals surface area contributed by atoms with E-state index in [1.54, 1.807) is 0 Å². The summed E-state index contributed by atoms with van der Waals surface area (Å²) in [6.45, 7) is 1.59. The van der Waals surface area contributed by atoms with Crippen LogP contribution >= 0.6 is 0 Å². The van der Waals surface area contributed by atoms with E-state index in [0.29, 0.717) is 19.6 Å². The van der Waals surface area contributed by atoms with E-state index in [9.17, 15) is 18.0 Å². The Kier molecular flexibility index (Phi) is 4.22. The van der Waals surface area contributed by atoms with E-state index in [-0.39, 0.29) is 30.8 Å². The van der Waals surface area contributed by atoms with Gasteiger partial charge in [-0.1, -0.05) is 0 Å². The first-order valence-corrected chi connectivity index (χ1v) is 8.22. The van der Waals surface area contributed by atoms with Crippen molar-refractivity contribution in [2.24, 2.45) is 5.92 Å². The highest BCUT2D eigenvalue weighted by atomic mass is 32.2. The van der Waals surface area contributed by atoms with Gasteiger partial charge in [-0.2, -0.15) is 0 Å². The van der Waals surface area contributed by atoms with Crippen molar-refractivity contribution in [2.45, 2.75) is 12.8 Å². The summed E-state index contributed by atoms with van der Waals surface area (Å²) in [5, 5.41) is 2.74. The SMILES string of the molecule is CS(=O)(=O)N1CCCC(CN2C(=O)CNCC2=O)C1. The number of carbonyl (C=O) groups is 2. The van der Waals surface area contributed by atoms with E-state index >= 15 is 0 Å². The smallest absolute Gasteiger partial charge is 0.243 e. The number of amides is 2. The molecule has 2 heterocycles. The summed E-state index contributed by atoms with van der Waals surface area (Å²) in [6.07, 6.45) is 2.80. The van der Waals surface area contributed by atoms with Crippen molar-refractivity contribution in [3.63, 3.8) is 0 Å². The molecule has 0 aliphatic carbocycles. The van der Waals surface area contributed by atoms with Gasteiger partial charge in [-0.25, -0.2) is 12.7 Å². The highest BCUT2D eigenvalue weighted by Crippen LogP contribution is 2.20. The third-order valence-electron chi connectivity index (χ3n) is 3.55. The average Bonchev–Trinajstić information content (AvgIpc) is 2.33. The number of nitrogens with zero attached hydrogens (tertiary/aromatic N) is 2. The topological polar surface area (TPSA) is 86.8 Å². The molecule has 2 aliphatic heterocycles. The van der Waals surface area contributed by atoms with Gasteiger partial charge in [-0.3, -0.25) is 19.8 Å². The van der Waals surface area contributed by atoms with E-state index in [4.69, 9.17) is 0 Å². The summed E-state index contributed by atoms with van der Waals surface area (Å²) < 4.78 is 24.5. The van der Waals surface area contributed by atoms with Gasteiger partial charge in [-0.05, 0) is 18.8 Å². The molecule has 108 valence electrons. The van der Waals surface area contributed by atoms with Gasteiger partial charge in [0.25, 0.3) is 0 Å². The zero-order chi connectivity index (χ0) is 14.0. The summed E-state index contributed by atoms with van der Waals surface area (Å²) >= 11 is 0. The lowest BCUT2D eigenvalue weighted by atomic mass is 9.98. The highest BCUT2D eigenvalue weighted by molar-refractivity contribution is 7.88. The largest absolute Gasteiger partial charge is 0.300 e. The molecule has 2 saturated heterocycles. The Bertz CT molecular complexity index is 460. The minimum absolute atomic E-state index is 0.0366. The summed E-state index contributed by atoms with van der Waals surface area (Å²) in [4.78, 5) is 24.6. The number of sulfonamides is 1. The van der Waals surface area contributed by atoms with Crippen molar-refractivity contribution in [1.29, 1.82) is 0 Å². The van der Waals surface area contributed by atoms with Crippen molar-refractivity contribution in [3.05, 3.63) is 0 Å². The van der Waals surface area contributed by atoms with Crippen LogP contribution in [0, 0.1) is 5.92 Å². The van der Waals surface area contributed by atoms with Crippen molar-refractivity contribution >= 4 is 21.8 Å². The Morgan fingerprint density at radius 1 is 1.26 bits per heavy atom. The van der Waals surface area contributed by atoms with Crippen molar-refractivity contribution in [3.8, 4) is 0 Å². The molecule has 0 aromatic heterocycles. The normalized spacial score (nSPS) is 26.8. The van der Waals surface area contributed by atoms with E-state index in [2.05, 4.69) is 5.32 Å². The first kappa shape index (κ1) is 14.4. The zero-order valence-corrected chi connectivity index (χ0v) is 11.8. The Balaban J connectivity index is 1.98. The van der Waals surface area contributed by atoms with E-state index < -0.39 is 10.0 Å². The maximum atomic E-state index is 11.7. The van der Waals surface area contributed by atoms with Crippen LogP contribution in [0.25, 0.3) is 0 Å². The van der Waals surface area contributed by atoms with Crippen molar-refractivity contribution in [1.82, 2.24) is 14.5 Å². The van der Waals surface area contributed by atoms with Crippen LogP contribution in [0.4, 0.5) is 0 Å². The molecule has 7 nitrogen and oxygen atoms in total. The van der Waals surface area contributed by atoms with Crippen molar-refractivity contribution in [2.75, 3.05) is 39.0 Å². The van der Waals surface area contributed by atoms with Gasteiger partial charge in [0.2, 0.25) is 21.8 Å². The number of hydrogen-bond donors (Lipinski definition) is 1. The minimum Gasteiger partial charge on any atom is -0.300 e. The number of carbonyl (C=O) groups excluding carboxylic acids is 2. The van der Waals surface area contributed by atoms with Crippen molar-refractivity contribution < 1.29 is 18.0 Å². The van der Waals surface area contributed by atoms with Crippen LogP contribution in [-0.2, 0) is 19.6 Å². The number of nitrogens with one attached hydrogen (secondary N) is 1. The molecule has 2 aliphatic rings. The molecular formula is C11H19N3O4S.